The summed E-state index contributed by atoms with van der Waals surface area (Å²) in [5.41, 5.74) is 1.36. The van der Waals surface area contributed by atoms with E-state index in [0.29, 0.717) is 6.04 Å². The van der Waals surface area contributed by atoms with Crippen molar-refractivity contribution in [3.05, 3.63) is 58.3 Å². The second kappa shape index (κ2) is 12.3. The number of benzene rings is 1. The predicted octanol–water partition coefficient (Wildman–Crippen LogP) is 3.59. The van der Waals surface area contributed by atoms with Gasteiger partial charge in [-0.1, -0.05) is 36.4 Å². The highest BCUT2D eigenvalue weighted by atomic mass is 127. The number of hydrogen-bond acceptors (Lipinski definition) is 3. The lowest BCUT2D eigenvalue weighted by Crippen LogP contribution is -2.46. The zero-order chi connectivity index (χ0) is 17.2. The maximum absolute atomic E-state index is 4.68. The van der Waals surface area contributed by atoms with Crippen molar-refractivity contribution in [2.75, 3.05) is 27.2 Å². The second-order valence-corrected chi connectivity index (χ2v) is 6.99. The van der Waals surface area contributed by atoms with E-state index in [9.17, 15) is 0 Å². The lowest BCUT2D eigenvalue weighted by atomic mass is 10.1. The van der Waals surface area contributed by atoms with Gasteiger partial charge in [-0.15, -0.1) is 35.3 Å². The summed E-state index contributed by atoms with van der Waals surface area (Å²) in [6.07, 6.45) is 1.02. The van der Waals surface area contributed by atoms with Crippen LogP contribution in [0.3, 0.4) is 0 Å². The molecule has 1 aromatic heterocycles. The maximum atomic E-state index is 4.68. The highest BCUT2D eigenvalue weighted by Gasteiger charge is 2.13. The molecule has 4 nitrogen and oxygen atoms in total. The topological polar surface area (TPSA) is 39.7 Å². The summed E-state index contributed by atoms with van der Waals surface area (Å²) < 4.78 is 0. The van der Waals surface area contributed by atoms with Gasteiger partial charge in [0.1, 0.15) is 0 Å². The van der Waals surface area contributed by atoms with Crippen molar-refractivity contribution in [2.24, 2.45) is 4.99 Å². The quantitative estimate of drug-likeness (QED) is 0.351. The smallest absolute Gasteiger partial charge is 0.191 e. The van der Waals surface area contributed by atoms with Gasteiger partial charge in [0.2, 0.25) is 0 Å². The third-order valence-corrected chi connectivity index (χ3v) is 4.73. The second-order valence-electron chi connectivity index (χ2n) is 5.96. The first-order valence-corrected chi connectivity index (χ1v) is 9.32. The van der Waals surface area contributed by atoms with Crippen LogP contribution in [0.4, 0.5) is 0 Å². The van der Waals surface area contributed by atoms with Gasteiger partial charge in [-0.25, -0.2) is 4.99 Å². The predicted molar refractivity (Wildman–Crippen MR) is 120 cm³/mol. The molecule has 0 fully saturated rings. The third-order valence-electron chi connectivity index (χ3n) is 3.87. The molecular formula is C19H29IN4S. The van der Waals surface area contributed by atoms with Crippen molar-refractivity contribution in [2.45, 2.75) is 25.9 Å². The summed E-state index contributed by atoms with van der Waals surface area (Å²) in [6.45, 7) is 4.54. The number of thiophene rings is 1. The molecule has 2 aromatic rings. The molecule has 2 N–H and O–H groups in total. The average Bonchev–Trinajstić information content (AvgIpc) is 3.10. The van der Waals surface area contributed by atoms with Crippen LogP contribution >= 0.6 is 35.3 Å². The van der Waals surface area contributed by atoms with Crippen molar-refractivity contribution in [3.63, 3.8) is 0 Å². The minimum absolute atomic E-state index is 0. The fourth-order valence-electron chi connectivity index (χ4n) is 2.44. The molecule has 0 saturated heterocycles. The number of rotatable bonds is 8. The Bertz CT molecular complexity index is 599. The molecule has 0 spiro atoms. The minimum atomic E-state index is 0. The summed E-state index contributed by atoms with van der Waals surface area (Å²) in [4.78, 5) is 8.23. The standard InChI is InChI=1S/C19H28N4S.HI/c1-4-20-19(22-15-18-11-8-12-24-18)21-14-17(23(2)3)13-16-9-6-5-7-10-16;/h5-12,17H,4,13-15H2,1-3H3,(H2,20,21,22);1H. The Labute approximate surface area is 172 Å². The molecule has 0 amide bonds. The van der Waals surface area contributed by atoms with E-state index in [-0.39, 0.29) is 24.0 Å². The number of nitrogens with one attached hydrogen (secondary N) is 2. The Kier molecular flexibility index (Phi) is 10.8. The van der Waals surface area contributed by atoms with Crippen molar-refractivity contribution >= 4 is 41.3 Å². The molecule has 0 radical (unpaired) electrons. The lowest BCUT2D eigenvalue weighted by molar-refractivity contribution is 0.290. The fourth-order valence-corrected chi connectivity index (χ4v) is 3.07. The van der Waals surface area contributed by atoms with Gasteiger partial charge in [0.05, 0.1) is 6.54 Å². The third kappa shape index (κ3) is 8.20. The fraction of sp³-hybridized carbons (Fsp3) is 0.421. The van der Waals surface area contributed by atoms with Crippen LogP contribution in [0, 0.1) is 0 Å². The van der Waals surface area contributed by atoms with Gasteiger partial charge in [0.15, 0.2) is 5.96 Å². The van der Waals surface area contributed by atoms with Crippen LogP contribution in [-0.2, 0) is 13.0 Å². The first kappa shape index (κ1) is 21.9. The van der Waals surface area contributed by atoms with E-state index in [1.54, 1.807) is 11.3 Å². The van der Waals surface area contributed by atoms with Crippen LogP contribution in [0.1, 0.15) is 17.4 Å². The van der Waals surface area contributed by atoms with Gasteiger partial charge in [0.25, 0.3) is 0 Å². The van der Waals surface area contributed by atoms with E-state index in [2.05, 4.69) is 89.4 Å². The molecular weight excluding hydrogens is 443 g/mol. The Morgan fingerprint density at radius 1 is 1.12 bits per heavy atom. The Morgan fingerprint density at radius 2 is 1.88 bits per heavy atom. The van der Waals surface area contributed by atoms with Crippen LogP contribution < -0.4 is 10.6 Å². The monoisotopic (exact) mass is 472 g/mol. The van der Waals surface area contributed by atoms with Crippen LogP contribution in [0.25, 0.3) is 0 Å². The summed E-state index contributed by atoms with van der Waals surface area (Å²) in [5, 5.41) is 8.91. The molecule has 6 heteroatoms. The first-order valence-electron chi connectivity index (χ1n) is 8.44. The first-order chi connectivity index (χ1) is 11.7. The minimum Gasteiger partial charge on any atom is -0.357 e. The summed E-state index contributed by atoms with van der Waals surface area (Å²) in [7, 11) is 4.26. The summed E-state index contributed by atoms with van der Waals surface area (Å²) >= 11 is 1.74. The van der Waals surface area contributed by atoms with Gasteiger partial charge in [-0.05, 0) is 44.4 Å². The summed E-state index contributed by atoms with van der Waals surface area (Å²) in [5.74, 6) is 0.880. The van der Waals surface area contributed by atoms with Crippen molar-refractivity contribution in [1.82, 2.24) is 15.5 Å². The van der Waals surface area contributed by atoms with Gasteiger partial charge in [0, 0.05) is 24.0 Å². The Morgan fingerprint density at radius 3 is 2.48 bits per heavy atom. The van der Waals surface area contributed by atoms with Crippen LogP contribution in [0.15, 0.2) is 52.8 Å². The normalized spacial score (nSPS) is 12.6. The van der Waals surface area contributed by atoms with Gasteiger partial charge >= 0.3 is 0 Å². The number of aliphatic imine (C=N–C) groups is 1. The number of likely N-dealkylation sites (N-methyl/N-ethyl adjacent to an activating group) is 1. The largest absolute Gasteiger partial charge is 0.357 e. The molecule has 138 valence electrons. The molecule has 0 saturated carbocycles. The average molecular weight is 472 g/mol. The zero-order valence-corrected chi connectivity index (χ0v) is 18.4. The molecule has 0 bridgehead atoms. The van der Waals surface area contributed by atoms with E-state index < -0.39 is 0 Å². The number of nitrogens with zero attached hydrogens (tertiary/aromatic N) is 2. The molecule has 25 heavy (non-hydrogen) atoms. The van der Waals surface area contributed by atoms with Crippen LogP contribution in [0.5, 0.6) is 0 Å². The van der Waals surface area contributed by atoms with Gasteiger partial charge in [-0.3, -0.25) is 0 Å². The number of guanidine groups is 1. The van der Waals surface area contributed by atoms with Gasteiger partial charge < -0.3 is 15.5 Å². The molecule has 1 unspecified atom stereocenters. The molecule has 1 heterocycles. The molecule has 0 aliphatic heterocycles. The summed E-state index contributed by atoms with van der Waals surface area (Å²) in [6, 6.07) is 15.2. The van der Waals surface area contributed by atoms with Crippen molar-refractivity contribution < 1.29 is 0 Å². The Hall–Kier alpha value is -1.12. The Balaban J connectivity index is 0.00000312. The van der Waals surface area contributed by atoms with E-state index in [1.807, 2.05) is 0 Å². The van der Waals surface area contributed by atoms with E-state index in [0.717, 1.165) is 32.0 Å². The number of hydrogen-bond donors (Lipinski definition) is 2. The van der Waals surface area contributed by atoms with Crippen LogP contribution in [-0.4, -0.2) is 44.1 Å². The molecule has 1 atom stereocenters. The van der Waals surface area contributed by atoms with E-state index in [1.165, 1.54) is 10.4 Å². The molecule has 1 aromatic carbocycles. The maximum Gasteiger partial charge on any atom is 0.191 e. The molecule has 2 rings (SSSR count). The molecule has 0 aliphatic carbocycles. The van der Waals surface area contributed by atoms with E-state index >= 15 is 0 Å². The lowest BCUT2D eigenvalue weighted by Gasteiger charge is -2.25. The van der Waals surface area contributed by atoms with Gasteiger partial charge in [-0.2, -0.15) is 0 Å². The number of halogens is 1. The zero-order valence-electron chi connectivity index (χ0n) is 15.2. The highest BCUT2D eigenvalue weighted by Crippen LogP contribution is 2.09. The van der Waals surface area contributed by atoms with Crippen LogP contribution in [0.2, 0.25) is 0 Å². The van der Waals surface area contributed by atoms with E-state index in [4.69, 9.17) is 0 Å². The SMILES string of the molecule is CCNC(=NCc1cccs1)NCC(Cc1ccccc1)N(C)C.I. The van der Waals surface area contributed by atoms with Crippen molar-refractivity contribution in [1.29, 1.82) is 0 Å². The highest BCUT2D eigenvalue weighted by molar-refractivity contribution is 14.0. The van der Waals surface area contributed by atoms with Crippen molar-refractivity contribution in [3.8, 4) is 0 Å². The molecule has 0 aliphatic rings.